The number of imide groups is 1. The van der Waals surface area contributed by atoms with Crippen molar-refractivity contribution in [2.45, 2.75) is 33.0 Å². The Morgan fingerprint density at radius 2 is 1.85 bits per heavy atom. The summed E-state index contributed by atoms with van der Waals surface area (Å²) < 4.78 is 0. The van der Waals surface area contributed by atoms with Gasteiger partial charge in [0.25, 0.3) is 5.91 Å². The zero-order valence-corrected chi connectivity index (χ0v) is 15.9. The van der Waals surface area contributed by atoms with E-state index in [1.165, 1.54) is 9.80 Å². The molecule has 0 radical (unpaired) electrons. The number of hydrogen-bond acceptors (Lipinski definition) is 5. The van der Waals surface area contributed by atoms with E-state index < -0.39 is 12.2 Å². The van der Waals surface area contributed by atoms with Gasteiger partial charge in [-0.1, -0.05) is 23.7 Å². The largest absolute Gasteiger partial charge is 0.328 e. The van der Waals surface area contributed by atoms with Gasteiger partial charge in [-0.2, -0.15) is 0 Å². The molecule has 0 bridgehead atoms. The third-order valence-electron chi connectivity index (χ3n) is 5.30. The van der Waals surface area contributed by atoms with E-state index >= 15 is 0 Å². The van der Waals surface area contributed by atoms with E-state index in [1.54, 1.807) is 14.0 Å². The van der Waals surface area contributed by atoms with E-state index in [0.717, 1.165) is 17.1 Å². The standard InChI is InChI=1S/C18H20ClN5O2/c1-5-22-16(25)14-15(21(4)18(22)26)20-17-23(10(2)11(3)24(14)17)13-9-7-6-8-12(13)19/h6-9,14-15H,5H2,1-4H3. The molecule has 0 aliphatic carbocycles. The van der Waals surface area contributed by atoms with Gasteiger partial charge in [-0.05, 0) is 32.9 Å². The third kappa shape index (κ3) is 2.03. The lowest BCUT2D eigenvalue weighted by Crippen LogP contribution is -2.64. The van der Waals surface area contributed by atoms with Crippen molar-refractivity contribution in [2.24, 2.45) is 4.99 Å². The Labute approximate surface area is 157 Å². The number of anilines is 1. The lowest BCUT2D eigenvalue weighted by atomic mass is 10.1. The third-order valence-corrected chi connectivity index (χ3v) is 5.62. The molecule has 3 heterocycles. The maximum atomic E-state index is 13.0. The summed E-state index contributed by atoms with van der Waals surface area (Å²) in [6, 6.07) is 6.67. The number of benzene rings is 1. The Morgan fingerprint density at radius 1 is 1.15 bits per heavy atom. The Balaban J connectivity index is 1.83. The van der Waals surface area contributed by atoms with Crippen molar-refractivity contribution in [1.82, 2.24) is 14.7 Å². The first-order valence-corrected chi connectivity index (χ1v) is 8.93. The molecule has 1 saturated heterocycles. The molecule has 2 unspecified atom stereocenters. The first kappa shape index (κ1) is 16.9. The van der Waals surface area contributed by atoms with E-state index in [-0.39, 0.29) is 11.9 Å². The number of urea groups is 1. The number of nitrogens with zero attached hydrogens (tertiary/aromatic N) is 5. The second-order valence-electron chi connectivity index (χ2n) is 6.59. The molecule has 136 valence electrons. The van der Waals surface area contributed by atoms with Crippen LogP contribution in [0.5, 0.6) is 0 Å². The quantitative estimate of drug-likeness (QED) is 0.799. The summed E-state index contributed by atoms with van der Waals surface area (Å²) in [4.78, 5) is 36.9. The van der Waals surface area contributed by atoms with Crippen molar-refractivity contribution in [2.75, 3.05) is 18.5 Å². The summed E-state index contributed by atoms with van der Waals surface area (Å²) in [5.74, 6) is 0.418. The first-order valence-electron chi connectivity index (χ1n) is 8.55. The number of halogens is 1. The predicted molar refractivity (Wildman–Crippen MR) is 99.7 cm³/mol. The average molecular weight is 374 g/mol. The molecular weight excluding hydrogens is 354 g/mol. The van der Waals surface area contributed by atoms with E-state index in [4.69, 9.17) is 16.6 Å². The average Bonchev–Trinajstić information content (AvgIpc) is 3.11. The fourth-order valence-corrected chi connectivity index (χ4v) is 4.05. The number of fused-ring (bicyclic) bond motifs is 3. The number of carbonyl (C=O) groups is 2. The Hall–Kier alpha value is -2.54. The number of amides is 3. The van der Waals surface area contributed by atoms with Gasteiger partial charge < -0.3 is 4.90 Å². The number of para-hydroxylation sites is 1. The van der Waals surface area contributed by atoms with Crippen molar-refractivity contribution < 1.29 is 9.59 Å². The Bertz CT molecular complexity index is 880. The van der Waals surface area contributed by atoms with Crippen LogP contribution in [-0.2, 0) is 4.79 Å². The molecule has 3 aliphatic rings. The van der Waals surface area contributed by atoms with Crippen molar-refractivity contribution in [1.29, 1.82) is 0 Å². The van der Waals surface area contributed by atoms with Crippen molar-refractivity contribution in [3.8, 4) is 0 Å². The molecule has 0 spiro atoms. The van der Waals surface area contributed by atoms with Gasteiger partial charge >= 0.3 is 6.03 Å². The first-order chi connectivity index (χ1) is 12.4. The van der Waals surface area contributed by atoms with E-state index in [2.05, 4.69) is 0 Å². The van der Waals surface area contributed by atoms with Crippen LogP contribution in [0.3, 0.4) is 0 Å². The van der Waals surface area contributed by atoms with Crippen LogP contribution in [0.25, 0.3) is 0 Å². The molecule has 3 amide bonds. The van der Waals surface area contributed by atoms with Gasteiger partial charge in [-0.15, -0.1) is 0 Å². The van der Waals surface area contributed by atoms with Gasteiger partial charge in [0, 0.05) is 25.0 Å². The maximum Gasteiger partial charge on any atom is 0.328 e. The Kier molecular flexibility index (Phi) is 3.73. The maximum absolute atomic E-state index is 13.0. The van der Waals surface area contributed by atoms with Crippen LogP contribution in [0, 0.1) is 0 Å². The van der Waals surface area contributed by atoms with E-state index in [9.17, 15) is 9.59 Å². The van der Waals surface area contributed by atoms with Crippen LogP contribution in [-0.4, -0.2) is 58.4 Å². The SMILES string of the molecule is CCN1C(=O)C2C(N=C3N(c4ccccc4Cl)C(C)=C(C)N32)N(C)C1=O. The van der Waals surface area contributed by atoms with Crippen LogP contribution in [0.15, 0.2) is 40.7 Å². The van der Waals surface area contributed by atoms with Gasteiger partial charge in [0.2, 0.25) is 5.96 Å². The van der Waals surface area contributed by atoms with Gasteiger partial charge in [0.05, 0.1) is 10.7 Å². The highest BCUT2D eigenvalue weighted by atomic mass is 35.5. The number of rotatable bonds is 2. The van der Waals surface area contributed by atoms with E-state index in [1.807, 2.05) is 47.9 Å². The smallest absolute Gasteiger partial charge is 0.302 e. The van der Waals surface area contributed by atoms with Crippen LogP contribution in [0.2, 0.25) is 5.02 Å². The minimum atomic E-state index is -0.546. The van der Waals surface area contributed by atoms with Crippen molar-refractivity contribution >= 4 is 35.2 Å². The fraction of sp³-hybridized carbons (Fsp3) is 0.389. The van der Waals surface area contributed by atoms with Crippen LogP contribution < -0.4 is 4.90 Å². The van der Waals surface area contributed by atoms with Gasteiger partial charge in [0.1, 0.15) is 0 Å². The second kappa shape index (κ2) is 5.74. The zero-order valence-electron chi connectivity index (χ0n) is 15.1. The molecule has 1 aromatic rings. The second-order valence-corrected chi connectivity index (χ2v) is 7.00. The molecule has 3 aliphatic heterocycles. The highest BCUT2D eigenvalue weighted by Gasteiger charge is 2.55. The van der Waals surface area contributed by atoms with E-state index in [0.29, 0.717) is 17.5 Å². The molecule has 26 heavy (non-hydrogen) atoms. The summed E-state index contributed by atoms with van der Waals surface area (Å²) in [5.41, 5.74) is 2.70. The molecular formula is C18H20ClN5O2. The van der Waals surface area contributed by atoms with Crippen LogP contribution in [0.1, 0.15) is 20.8 Å². The molecule has 7 nitrogen and oxygen atoms in total. The van der Waals surface area contributed by atoms with Crippen LogP contribution >= 0.6 is 11.6 Å². The fourth-order valence-electron chi connectivity index (χ4n) is 3.83. The lowest BCUT2D eigenvalue weighted by molar-refractivity contribution is -0.136. The lowest BCUT2D eigenvalue weighted by Gasteiger charge is -2.40. The van der Waals surface area contributed by atoms with Gasteiger partial charge in [-0.25, -0.2) is 9.79 Å². The molecule has 8 heteroatoms. The number of hydrogen-bond donors (Lipinski definition) is 0. The summed E-state index contributed by atoms with van der Waals surface area (Å²) in [5, 5.41) is 0.602. The normalized spacial score (nSPS) is 25.2. The summed E-state index contributed by atoms with van der Waals surface area (Å²) >= 11 is 6.41. The minimum absolute atomic E-state index is 0.215. The molecule has 0 saturated carbocycles. The number of likely N-dealkylation sites (N-methyl/N-ethyl adjacent to an activating group) is 2. The molecule has 1 aromatic carbocycles. The monoisotopic (exact) mass is 373 g/mol. The molecule has 1 fully saturated rings. The van der Waals surface area contributed by atoms with Crippen molar-refractivity contribution in [3.63, 3.8) is 0 Å². The highest BCUT2D eigenvalue weighted by molar-refractivity contribution is 6.34. The molecule has 0 N–H and O–H groups in total. The highest BCUT2D eigenvalue weighted by Crippen LogP contribution is 2.41. The molecule has 2 atom stereocenters. The number of carbonyl (C=O) groups excluding carboxylic acids is 2. The predicted octanol–water partition coefficient (Wildman–Crippen LogP) is 2.69. The molecule has 4 rings (SSSR count). The Morgan fingerprint density at radius 3 is 2.50 bits per heavy atom. The van der Waals surface area contributed by atoms with Crippen molar-refractivity contribution in [3.05, 3.63) is 40.7 Å². The number of aliphatic imine (C=N–C) groups is 1. The van der Waals surface area contributed by atoms with Gasteiger partial charge in [-0.3, -0.25) is 19.5 Å². The van der Waals surface area contributed by atoms with Gasteiger partial charge in [0.15, 0.2) is 12.2 Å². The minimum Gasteiger partial charge on any atom is -0.302 e. The number of guanidine groups is 1. The molecule has 0 aromatic heterocycles. The summed E-state index contributed by atoms with van der Waals surface area (Å²) in [6.45, 7) is 6.08. The summed E-state index contributed by atoms with van der Waals surface area (Å²) in [6.07, 6.45) is -0.541. The zero-order chi connectivity index (χ0) is 18.7. The summed E-state index contributed by atoms with van der Waals surface area (Å²) in [7, 11) is 1.69. The number of allylic oxidation sites excluding steroid dienone is 2. The van der Waals surface area contributed by atoms with Crippen LogP contribution in [0.4, 0.5) is 10.5 Å². The topological polar surface area (TPSA) is 59.5 Å².